The molecule has 0 saturated heterocycles. The van der Waals surface area contributed by atoms with Gasteiger partial charge in [0.15, 0.2) is 0 Å². The lowest BCUT2D eigenvalue weighted by molar-refractivity contribution is 0.0827. The first kappa shape index (κ1) is 12.3. The fourth-order valence-corrected chi connectivity index (χ4v) is 1.84. The minimum Gasteiger partial charge on any atom is -0.345 e. The van der Waals surface area contributed by atoms with E-state index in [0.717, 1.165) is 16.8 Å². The first-order chi connectivity index (χ1) is 8.59. The van der Waals surface area contributed by atoms with E-state index in [4.69, 9.17) is 0 Å². The number of rotatable bonds is 2. The molecule has 0 bridgehead atoms. The first-order valence-corrected chi connectivity index (χ1v) is 5.83. The van der Waals surface area contributed by atoms with Gasteiger partial charge in [0.25, 0.3) is 5.91 Å². The van der Waals surface area contributed by atoms with Gasteiger partial charge < -0.3 is 4.90 Å². The van der Waals surface area contributed by atoms with Gasteiger partial charge >= 0.3 is 0 Å². The van der Waals surface area contributed by atoms with Gasteiger partial charge in [-0.2, -0.15) is 0 Å². The van der Waals surface area contributed by atoms with Crippen molar-refractivity contribution < 1.29 is 4.79 Å². The molecule has 18 heavy (non-hydrogen) atoms. The van der Waals surface area contributed by atoms with Crippen LogP contribution in [0.4, 0.5) is 0 Å². The van der Waals surface area contributed by atoms with Gasteiger partial charge in [-0.1, -0.05) is 18.2 Å². The Kier molecular flexibility index (Phi) is 3.42. The Balaban J connectivity index is 2.34. The SMILES string of the molecule is Cc1ncccc1-c1ccc(C(=O)N(C)C)cc1. The molecular weight excluding hydrogens is 224 g/mol. The molecule has 2 rings (SSSR count). The van der Waals surface area contributed by atoms with Crippen LogP contribution in [0.1, 0.15) is 16.1 Å². The molecule has 1 aromatic heterocycles. The van der Waals surface area contributed by atoms with Gasteiger partial charge in [0.05, 0.1) is 0 Å². The van der Waals surface area contributed by atoms with Crippen molar-refractivity contribution in [1.82, 2.24) is 9.88 Å². The van der Waals surface area contributed by atoms with E-state index < -0.39 is 0 Å². The summed E-state index contributed by atoms with van der Waals surface area (Å²) in [6.07, 6.45) is 1.78. The molecule has 0 radical (unpaired) electrons. The minimum atomic E-state index is 0.0180. The monoisotopic (exact) mass is 240 g/mol. The number of benzene rings is 1. The van der Waals surface area contributed by atoms with Crippen molar-refractivity contribution in [3.05, 3.63) is 53.9 Å². The van der Waals surface area contributed by atoms with Gasteiger partial charge in [0.1, 0.15) is 0 Å². The molecular formula is C15H16N2O. The molecule has 0 fully saturated rings. The van der Waals surface area contributed by atoms with E-state index in [1.807, 2.05) is 43.3 Å². The summed E-state index contributed by atoms with van der Waals surface area (Å²) in [7, 11) is 3.50. The van der Waals surface area contributed by atoms with Crippen molar-refractivity contribution in [3.8, 4) is 11.1 Å². The Labute approximate surface area is 107 Å². The molecule has 0 spiro atoms. The van der Waals surface area contributed by atoms with Gasteiger partial charge in [0, 0.05) is 37.1 Å². The van der Waals surface area contributed by atoms with Gasteiger partial charge in [-0.25, -0.2) is 0 Å². The highest BCUT2D eigenvalue weighted by atomic mass is 16.2. The number of carbonyl (C=O) groups is 1. The first-order valence-electron chi connectivity index (χ1n) is 5.83. The summed E-state index contributed by atoms with van der Waals surface area (Å²) in [6.45, 7) is 1.98. The second-order valence-electron chi connectivity index (χ2n) is 4.41. The van der Waals surface area contributed by atoms with E-state index in [1.165, 1.54) is 0 Å². The summed E-state index contributed by atoms with van der Waals surface area (Å²) in [5.41, 5.74) is 3.87. The van der Waals surface area contributed by atoms with E-state index in [0.29, 0.717) is 5.56 Å². The highest BCUT2D eigenvalue weighted by Crippen LogP contribution is 2.22. The van der Waals surface area contributed by atoms with Crippen molar-refractivity contribution in [2.45, 2.75) is 6.92 Å². The predicted octanol–water partition coefficient (Wildman–Crippen LogP) is 2.76. The zero-order valence-electron chi connectivity index (χ0n) is 10.8. The minimum absolute atomic E-state index is 0.0180. The molecule has 0 atom stereocenters. The second-order valence-corrected chi connectivity index (χ2v) is 4.41. The molecule has 1 aromatic carbocycles. The third kappa shape index (κ3) is 2.40. The fraction of sp³-hybridized carbons (Fsp3) is 0.200. The second kappa shape index (κ2) is 5.00. The van der Waals surface area contributed by atoms with E-state index >= 15 is 0 Å². The van der Waals surface area contributed by atoms with Crippen molar-refractivity contribution in [3.63, 3.8) is 0 Å². The Morgan fingerprint density at radius 2 is 1.78 bits per heavy atom. The molecule has 3 heteroatoms. The molecule has 0 aliphatic heterocycles. The van der Waals surface area contributed by atoms with Gasteiger partial charge in [-0.15, -0.1) is 0 Å². The standard InChI is InChI=1S/C15H16N2O/c1-11-14(5-4-10-16-11)12-6-8-13(9-7-12)15(18)17(2)3/h4-10H,1-3H3. The highest BCUT2D eigenvalue weighted by molar-refractivity contribution is 5.94. The number of carbonyl (C=O) groups excluding carboxylic acids is 1. The molecule has 3 nitrogen and oxygen atoms in total. The highest BCUT2D eigenvalue weighted by Gasteiger charge is 2.08. The topological polar surface area (TPSA) is 33.2 Å². The Bertz CT molecular complexity index is 559. The van der Waals surface area contributed by atoms with Crippen LogP contribution in [0, 0.1) is 6.92 Å². The zero-order valence-corrected chi connectivity index (χ0v) is 10.8. The summed E-state index contributed by atoms with van der Waals surface area (Å²) < 4.78 is 0. The molecule has 1 heterocycles. The van der Waals surface area contributed by atoms with Crippen LogP contribution in [0.3, 0.4) is 0 Å². The lowest BCUT2D eigenvalue weighted by Gasteiger charge is -2.11. The molecule has 0 saturated carbocycles. The van der Waals surface area contributed by atoms with Crippen LogP contribution in [-0.4, -0.2) is 29.9 Å². The van der Waals surface area contributed by atoms with E-state index in [9.17, 15) is 4.79 Å². The zero-order chi connectivity index (χ0) is 13.1. The molecule has 2 aromatic rings. The van der Waals surface area contributed by atoms with Crippen LogP contribution in [-0.2, 0) is 0 Å². The Morgan fingerprint density at radius 1 is 1.11 bits per heavy atom. The van der Waals surface area contributed by atoms with Crippen molar-refractivity contribution >= 4 is 5.91 Å². The lowest BCUT2D eigenvalue weighted by atomic mass is 10.0. The third-order valence-corrected chi connectivity index (χ3v) is 2.86. The molecule has 0 unspecified atom stereocenters. The average Bonchev–Trinajstić information content (AvgIpc) is 2.38. The van der Waals surface area contributed by atoms with E-state index in [-0.39, 0.29) is 5.91 Å². The van der Waals surface area contributed by atoms with Gasteiger partial charge in [-0.3, -0.25) is 9.78 Å². The number of pyridine rings is 1. The van der Waals surface area contributed by atoms with Gasteiger partial charge in [0.2, 0.25) is 0 Å². The van der Waals surface area contributed by atoms with Crippen LogP contribution in [0.15, 0.2) is 42.6 Å². The maximum Gasteiger partial charge on any atom is 0.253 e. The summed E-state index contributed by atoms with van der Waals surface area (Å²) in [5.74, 6) is 0.0180. The normalized spacial score (nSPS) is 10.2. The van der Waals surface area contributed by atoms with Gasteiger partial charge in [-0.05, 0) is 30.7 Å². The maximum absolute atomic E-state index is 11.8. The van der Waals surface area contributed by atoms with Crippen molar-refractivity contribution in [2.24, 2.45) is 0 Å². The molecule has 0 aliphatic rings. The van der Waals surface area contributed by atoms with Crippen molar-refractivity contribution in [1.29, 1.82) is 0 Å². The van der Waals surface area contributed by atoms with Crippen LogP contribution >= 0.6 is 0 Å². The molecule has 0 aliphatic carbocycles. The predicted molar refractivity (Wildman–Crippen MR) is 72.4 cm³/mol. The van der Waals surface area contributed by atoms with E-state index in [1.54, 1.807) is 25.2 Å². The number of nitrogens with zero attached hydrogens (tertiary/aromatic N) is 2. The Morgan fingerprint density at radius 3 is 2.33 bits per heavy atom. The lowest BCUT2D eigenvalue weighted by Crippen LogP contribution is -2.21. The molecule has 1 amide bonds. The van der Waals surface area contributed by atoms with Crippen LogP contribution in [0.2, 0.25) is 0 Å². The fourth-order valence-electron chi connectivity index (χ4n) is 1.84. The Hall–Kier alpha value is -2.16. The maximum atomic E-state index is 11.8. The van der Waals surface area contributed by atoms with Crippen LogP contribution in [0.25, 0.3) is 11.1 Å². The third-order valence-electron chi connectivity index (χ3n) is 2.86. The molecule has 0 N–H and O–H groups in total. The number of hydrogen-bond donors (Lipinski definition) is 0. The van der Waals surface area contributed by atoms with Crippen LogP contribution in [0.5, 0.6) is 0 Å². The van der Waals surface area contributed by atoms with E-state index in [2.05, 4.69) is 4.98 Å². The summed E-state index contributed by atoms with van der Waals surface area (Å²) in [6, 6.07) is 11.6. The van der Waals surface area contributed by atoms with Crippen molar-refractivity contribution in [2.75, 3.05) is 14.1 Å². The molecule has 92 valence electrons. The number of amides is 1. The number of aromatic nitrogens is 1. The van der Waals surface area contributed by atoms with Crippen LogP contribution < -0.4 is 0 Å². The summed E-state index contributed by atoms with van der Waals surface area (Å²) >= 11 is 0. The quantitative estimate of drug-likeness (QED) is 0.808. The smallest absolute Gasteiger partial charge is 0.253 e. The summed E-state index contributed by atoms with van der Waals surface area (Å²) in [5, 5.41) is 0. The number of hydrogen-bond acceptors (Lipinski definition) is 2. The number of aryl methyl sites for hydroxylation is 1. The average molecular weight is 240 g/mol. The largest absolute Gasteiger partial charge is 0.345 e. The summed E-state index contributed by atoms with van der Waals surface area (Å²) in [4.78, 5) is 17.6.